The molecule has 2 fully saturated rings. The first-order valence-corrected chi connectivity index (χ1v) is 33.6. The molecule has 2 aromatic carbocycles. The lowest BCUT2D eigenvalue weighted by Gasteiger charge is -2.32. The first-order valence-electron chi connectivity index (χ1n) is 32.2. The molecule has 2 saturated heterocycles. The number of hydrogen-bond acceptors (Lipinski definition) is 17. The molecule has 0 saturated carbocycles. The van der Waals surface area contributed by atoms with Gasteiger partial charge in [-0.25, -0.2) is 0 Å². The Balaban J connectivity index is 1.56. The van der Waals surface area contributed by atoms with Crippen molar-refractivity contribution in [3.8, 4) is 0 Å². The minimum absolute atomic E-state index is 0.0736. The largest absolute Gasteiger partial charge is 0.370 e. The van der Waals surface area contributed by atoms with Crippen LogP contribution in [0.25, 0.3) is 0 Å². The summed E-state index contributed by atoms with van der Waals surface area (Å²) in [5.41, 5.74) is 40.6. The van der Waals surface area contributed by atoms with Gasteiger partial charge in [0, 0.05) is 45.3 Å². The van der Waals surface area contributed by atoms with Crippen LogP contribution in [0.15, 0.2) is 65.7 Å². The number of amides is 13. The van der Waals surface area contributed by atoms with E-state index in [9.17, 15) is 62.3 Å². The van der Waals surface area contributed by atoms with Gasteiger partial charge in [0.05, 0.1) is 12.6 Å². The van der Waals surface area contributed by atoms with Gasteiger partial charge in [0.2, 0.25) is 76.8 Å². The molecule has 2 aromatic rings. The molecule has 4 rings (SSSR count). The number of guanidine groups is 1. The number of aliphatic imine (C=N–C) groups is 1. The number of carbonyl (C=O) groups is 13. The molecule has 10 atom stereocenters. The highest BCUT2D eigenvalue weighted by molar-refractivity contribution is 7.98. The van der Waals surface area contributed by atoms with Gasteiger partial charge < -0.3 is 92.5 Å². The van der Waals surface area contributed by atoms with Crippen LogP contribution in [-0.2, 0) is 75.2 Å². The van der Waals surface area contributed by atoms with Gasteiger partial charge in [-0.05, 0) is 119 Å². The van der Waals surface area contributed by atoms with Crippen LogP contribution in [0.5, 0.6) is 0 Å². The zero-order chi connectivity index (χ0) is 70.1. The van der Waals surface area contributed by atoms with Crippen molar-refractivity contribution in [2.45, 2.75) is 183 Å². The molecule has 95 heavy (non-hydrogen) atoms. The summed E-state index contributed by atoms with van der Waals surface area (Å²) in [6.45, 7) is 3.86. The van der Waals surface area contributed by atoms with Crippen LogP contribution in [0.2, 0.25) is 0 Å². The van der Waals surface area contributed by atoms with Crippen LogP contribution in [0.1, 0.15) is 121 Å². The first kappa shape index (κ1) is 78.5. The third kappa shape index (κ3) is 27.5. The Bertz CT molecular complexity index is 2960. The summed E-state index contributed by atoms with van der Waals surface area (Å²) in [5, 5.41) is 21.1. The van der Waals surface area contributed by atoms with Crippen LogP contribution in [-0.4, -0.2) is 198 Å². The molecule has 13 amide bonds. The quantitative estimate of drug-likeness (QED) is 0.0173. The monoisotopic (exact) mass is 1350 g/mol. The smallest absolute Gasteiger partial charge is 0.245 e. The summed E-state index contributed by atoms with van der Waals surface area (Å²) < 4.78 is 0. The predicted octanol–water partition coefficient (Wildman–Crippen LogP) is -3.71. The van der Waals surface area contributed by atoms with Crippen molar-refractivity contribution in [3.63, 3.8) is 0 Å². The summed E-state index contributed by atoms with van der Waals surface area (Å²) in [4.78, 5) is 185. The molecular weight excluding hydrogens is 1250 g/mol. The van der Waals surface area contributed by atoms with E-state index in [2.05, 4.69) is 47.5 Å². The summed E-state index contributed by atoms with van der Waals surface area (Å²) in [5.74, 6) is -9.80. The fourth-order valence-electron chi connectivity index (χ4n) is 11.0. The lowest BCUT2D eigenvalue weighted by atomic mass is 10.0. The van der Waals surface area contributed by atoms with Gasteiger partial charge in [-0.3, -0.25) is 67.3 Å². The predicted molar refractivity (Wildman–Crippen MR) is 356 cm³/mol. The minimum Gasteiger partial charge on any atom is -0.370 e. The fraction of sp³-hybridized carbons (Fsp3) is 0.587. The molecule has 0 bridgehead atoms. The maximum absolute atomic E-state index is 14.7. The number of rotatable bonds is 42. The highest BCUT2D eigenvalue weighted by Gasteiger charge is 2.42. The van der Waals surface area contributed by atoms with Gasteiger partial charge in [-0.15, -0.1) is 0 Å². The summed E-state index contributed by atoms with van der Waals surface area (Å²) >= 11 is 1.45. The summed E-state index contributed by atoms with van der Waals surface area (Å²) in [6.07, 6.45) is 3.12. The van der Waals surface area contributed by atoms with Gasteiger partial charge in [0.15, 0.2) is 5.96 Å². The van der Waals surface area contributed by atoms with Gasteiger partial charge >= 0.3 is 0 Å². The average molecular weight is 1350 g/mol. The number of unbranched alkanes of at least 4 members (excludes halogenated alkanes) is 1. The molecule has 31 nitrogen and oxygen atoms in total. The lowest BCUT2D eigenvalue weighted by molar-refractivity contribution is -0.144. The van der Waals surface area contributed by atoms with Crippen molar-refractivity contribution in [3.05, 3.63) is 71.8 Å². The standard InChI is InChI=1S/C63H98N18O13S/c1-37(2)33-45(57(89)74-41(53(68)85)27-32-95-3)73-52(84)36-72-54(86)46(34-38-15-6-4-7-16-38)78-58(90)47(35-39-17-8-5-9-18-39)79-56(88)42(23-25-50(66)82)75-55(87)43(24-26-51(67)83)76-59(91)49-22-14-31-81(49)62(94)44(20-10-11-28-64)77-60(92)48-21-13-30-80(48)61(93)40(65)19-12-29-71-63(69)70/h4-9,15-18,37,40-49H,10-14,19-36,64-65H2,1-3H3,(H2,66,82)(H2,67,83)(H2,68,85)(H,72,86)(H,73,84)(H,74,89)(H,75,87)(H,76,91)(H,77,92)(H,78,90)(H,79,88)(H4,69,70,71)/t40-,41+,42+,43+,44+,45-,46+,47-,48-,49-/m1/s1. The van der Waals surface area contributed by atoms with E-state index in [1.54, 1.807) is 60.7 Å². The van der Waals surface area contributed by atoms with Crippen LogP contribution in [0.3, 0.4) is 0 Å². The van der Waals surface area contributed by atoms with Crippen molar-refractivity contribution in [1.29, 1.82) is 0 Å². The molecule has 0 spiro atoms. The first-order chi connectivity index (χ1) is 45.2. The van der Waals surface area contributed by atoms with E-state index >= 15 is 0 Å². The maximum Gasteiger partial charge on any atom is 0.245 e. The number of nitrogens with one attached hydrogen (secondary N) is 8. The number of benzene rings is 2. The second-order valence-corrected chi connectivity index (χ2v) is 25.1. The van der Waals surface area contributed by atoms with E-state index < -0.39 is 169 Å². The van der Waals surface area contributed by atoms with Crippen molar-refractivity contribution < 1.29 is 62.3 Å². The number of thioether (sulfide) groups is 1. The molecule has 0 radical (unpaired) electrons. The van der Waals surface area contributed by atoms with Gasteiger partial charge in [0.1, 0.15) is 54.4 Å². The molecule has 2 heterocycles. The highest BCUT2D eigenvalue weighted by atomic mass is 32.2. The van der Waals surface area contributed by atoms with Crippen LogP contribution in [0, 0.1) is 5.92 Å². The molecule has 524 valence electrons. The van der Waals surface area contributed by atoms with E-state index in [-0.39, 0.29) is 83.0 Å². The van der Waals surface area contributed by atoms with E-state index in [1.165, 1.54) is 21.6 Å². The number of hydrogen-bond donors (Lipinski definition) is 15. The fourth-order valence-corrected chi connectivity index (χ4v) is 11.5. The average Bonchev–Trinajstić information content (AvgIpc) is 1.74. The number of nitrogens with two attached hydrogens (primary N) is 7. The third-order valence-corrected chi connectivity index (χ3v) is 16.7. The minimum atomic E-state index is -1.64. The SMILES string of the molecule is CSCC[C@H](NC(=O)[C@@H](CC(C)C)NC(=O)CNC(=O)[C@H](Cc1ccccc1)NC(=O)[C@@H](Cc1ccccc1)NC(=O)[C@H](CCC(N)=O)NC(=O)[C@H](CCC(N)=O)NC(=O)[C@H]1CCCN1C(=O)[C@H](CCCCN)NC(=O)[C@H]1CCCN1C(=O)[C@H](N)CCCN=C(N)N)C(N)=O. The topological polar surface area (TPSA) is 519 Å². The molecular formula is C63H98N18O13S. The normalized spacial score (nSPS) is 16.8. The van der Waals surface area contributed by atoms with Crippen LogP contribution >= 0.6 is 11.8 Å². The van der Waals surface area contributed by atoms with E-state index in [1.807, 2.05) is 20.1 Å². The summed E-state index contributed by atoms with van der Waals surface area (Å²) in [6, 6.07) is 4.51. The summed E-state index contributed by atoms with van der Waals surface area (Å²) in [7, 11) is 0. The van der Waals surface area contributed by atoms with E-state index in [0.29, 0.717) is 55.4 Å². The highest BCUT2D eigenvalue weighted by Crippen LogP contribution is 2.24. The van der Waals surface area contributed by atoms with Crippen molar-refractivity contribution in [1.82, 2.24) is 52.3 Å². The van der Waals surface area contributed by atoms with Crippen molar-refractivity contribution >= 4 is 94.5 Å². The second kappa shape index (κ2) is 41.0. The Hall–Kier alpha value is -8.91. The van der Waals surface area contributed by atoms with Gasteiger partial charge in [-0.1, -0.05) is 74.5 Å². The maximum atomic E-state index is 14.7. The molecule has 0 unspecified atom stereocenters. The number of primary amides is 3. The zero-order valence-corrected chi connectivity index (χ0v) is 55.3. The molecule has 2 aliphatic rings. The zero-order valence-electron chi connectivity index (χ0n) is 54.5. The van der Waals surface area contributed by atoms with Crippen molar-refractivity contribution in [2.75, 3.05) is 44.7 Å². The molecule has 0 aromatic heterocycles. The number of nitrogens with zero attached hydrogens (tertiary/aromatic N) is 3. The lowest BCUT2D eigenvalue weighted by Crippen LogP contribution is -2.60. The molecule has 0 aliphatic carbocycles. The number of likely N-dealkylation sites (tertiary alicyclic amines) is 2. The Morgan fingerprint density at radius 2 is 1.01 bits per heavy atom. The molecule has 2 aliphatic heterocycles. The Labute approximate surface area is 558 Å². The van der Waals surface area contributed by atoms with Crippen molar-refractivity contribution in [2.24, 2.45) is 51.0 Å². The molecule has 32 heteroatoms. The Morgan fingerprint density at radius 3 is 1.51 bits per heavy atom. The molecule has 22 N–H and O–H groups in total. The Morgan fingerprint density at radius 1 is 0.537 bits per heavy atom. The van der Waals surface area contributed by atoms with E-state index in [4.69, 9.17) is 40.1 Å². The third-order valence-electron chi connectivity index (χ3n) is 16.0. The van der Waals surface area contributed by atoms with Crippen LogP contribution < -0.4 is 82.7 Å². The van der Waals surface area contributed by atoms with Gasteiger partial charge in [0.25, 0.3) is 0 Å². The second-order valence-electron chi connectivity index (χ2n) is 24.1. The van der Waals surface area contributed by atoms with Gasteiger partial charge in [-0.2, -0.15) is 11.8 Å². The van der Waals surface area contributed by atoms with E-state index in [0.717, 1.165) is 0 Å². The van der Waals surface area contributed by atoms with Crippen LogP contribution in [0.4, 0.5) is 0 Å². The number of carbonyl (C=O) groups excluding carboxylic acids is 13. The Kier molecular flexibility index (Phi) is 33.9.